The number of hydrogen-bond donors (Lipinski definition) is 2. The van der Waals surface area contributed by atoms with Crippen LogP contribution < -0.4 is 20.1 Å². The number of methoxy groups -OCH3 is 2. The molecule has 102 valence electrons. The summed E-state index contributed by atoms with van der Waals surface area (Å²) in [6.45, 7) is 5.92. The fourth-order valence-corrected chi connectivity index (χ4v) is 2.00. The van der Waals surface area contributed by atoms with Crippen LogP contribution in [0.1, 0.15) is 24.1 Å². The van der Waals surface area contributed by atoms with Gasteiger partial charge in [-0.25, -0.2) is 0 Å². The van der Waals surface area contributed by atoms with E-state index >= 15 is 0 Å². The summed E-state index contributed by atoms with van der Waals surface area (Å²) >= 11 is 0. The molecule has 4 heteroatoms. The van der Waals surface area contributed by atoms with Gasteiger partial charge in [0.2, 0.25) is 0 Å². The Kier molecular flexibility index (Phi) is 5.95. The Morgan fingerprint density at radius 1 is 1.17 bits per heavy atom. The molecule has 0 saturated carbocycles. The van der Waals surface area contributed by atoms with Crippen molar-refractivity contribution < 1.29 is 9.47 Å². The minimum Gasteiger partial charge on any atom is -0.496 e. The van der Waals surface area contributed by atoms with E-state index in [1.165, 1.54) is 0 Å². The molecule has 1 aromatic carbocycles. The summed E-state index contributed by atoms with van der Waals surface area (Å²) in [5, 5.41) is 6.64. The quantitative estimate of drug-likeness (QED) is 0.777. The molecule has 1 rings (SSSR count). The van der Waals surface area contributed by atoms with Crippen molar-refractivity contribution in [2.75, 3.05) is 34.4 Å². The van der Waals surface area contributed by atoms with E-state index in [1.54, 1.807) is 14.2 Å². The van der Waals surface area contributed by atoms with E-state index in [0.717, 1.165) is 35.7 Å². The Hall–Kier alpha value is -1.26. The van der Waals surface area contributed by atoms with Crippen molar-refractivity contribution in [2.45, 2.75) is 19.9 Å². The van der Waals surface area contributed by atoms with Gasteiger partial charge >= 0.3 is 0 Å². The highest BCUT2D eigenvalue weighted by Gasteiger charge is 2.16. The monoisotopic (exact) mass is 252 g/mol. The first kappa shape index (κ1) is 14.8. The molecule has 18 heavy (non-hydrogen) atoms. The van der Waals surface area contributed by atoms with E-state index in [2.05, 4.69) is 17.6 Å². The van der Waals surface area contributed by atoms with Crippen molar-refractivity contribution in [3.05, 3.63) is 23.3 Å². The molecule has 0 aliphatic heterocycles. The third kappa shape index (κ3) is 3.37. The van der Waals surface area contributed by atoms with Crippen LogP contribution in [0, 0.1) is 6.92 Å². The summed E-state index contributed by atoms with van der Waals surface area (Å²) < 4.78 is 10.8. The molecule has 0 amide bonds. The maximum Gasteiger partial charge on any atom is 0.124 e. The summed E-state index contributed by atoms with van der Waals surface area (Å²) in [6.07, 6.45) is 0. The summed E-state index contributed by atoms with van der Waals surface area (Å²) in [7, 11) is 5.34. The molecule has 0 saturated heterocycles. The Bertz CT molecular complexity index is 380. The fraction of sp³-hybridized carbons (Fsp3) is 0.571. The molecule has 0 aliphatic carbocycles. The molecule has 0 spiro atoms. The zero-order valence-corrected chi connectivity index (χ0v) is 12.0. The SMILES string of the molecule is CCNCC(NC)c1cc(OC)c(C)cc1OC. The van der Waals surface area contributed by atoms with Crippen LogP contribution in [0.4, 0.5) is 0 Å². The lowest BCUT2D eigenvalue weighted by atomic mass is 10.0. The van der Waals surface area contributed by atoms with E-state index in [1.807, 2.05) is 26.1 Å². The van der Waals surface area contributed by atoms with Crippen LogP contribution in [-0.4, -0.2) is 34.4 Å². The predicted molar refractivity (Wildman–Crippen MR) is 74.6 cm³/mol. The van der Waals surface area contributed by atoms with Crippen molar-refractivity contribution in [3.63, 3.8) is 0 Å². The first-order valence-corrected chi connectivity index (χ1v) is 6.28. The standard InChI is InChI=1S/C14H24N2O2/c1-6-16-9-12(15-3)11-8-13(17-4)10(2)7-14(11)18-5/h7-8,12,15-16H,6,9H2,1-5H3. The second-order valence-electron chi connectivity index (χ2n) is 4.21. The average Bonchev–Trinajstić information content (AvgIpc) is 2.40. The smallest absolute Gasteiger partial charge is 0.124 e. The van der Waals surface area contributed by atoms with Gasteiger partial charge in [0.1, 0.15) is 11.5 Å². The molecular formula is C14H24N2O2. The number of likely N-dealkylation sites (N-methyl/N-ethyl adjacent to an activating group) is 2. The molecule has 0 aromatic heterocycles. The lowest BCUT2D eigenvalue weighted by Gasteiger charge is -2.21. The Morgan fingerprint density at radius 2 is 1.83 bits per heavy atom. The summed E-state index contributed by atoms with van der Waals surface area (Å²) in [5.41, 5.74) is 2.19. The number of ether oxygens (including phenoxy) is 2. The molecule has 1 atom stereocenters. The minimum absolute atomic E-state index is 0.203. The van der Waals surface area contributed by atoms with Gasteiger partial charge in [0, 0.05) is 18.2 Å². The third-order valence-electron chi connectivity index (χ3n) is 3.07. The van der Waals surface area contributed by atoms with Gasteiger partial charge in [-0.2, -0.15) is 0 Å². The van der Waals surface area contributed by atoms with Gasteiger partial charge in [-0.05, 0) is 38.2 Å². The van der Waals surface area contributed by atoms with Crippen LogP contribution in [-0.2, 0) is 0 Å². The normalized spacial score (nSPS) is 12.3. The Balaban J connectivity index is 3.09. The molecule has 1 aromatic rings. The summed E-state index contributed by atoms with van der Waals surface area (Å²) in [5.74, 6) is 1.79. The van der Waals surface area contributed by atoms with Crippen LogP contribution in [0.3, 0.4) is 0 Å². The average molecular weight is 252 g/mol. The highest BCUT2D eigenvalue weighted by molar-refractivity contribution is 5.47. The molecular weight excluding hydrogens is 228 g/mol. The largest absolute Gasteiger partial charge is 0.496 e. The van der Waals surface area contributed by atoms with Crippen LogP contribution >= 0.6 is 0 Å². The van der Waals surface area contributed by atoms with E-state index in [9.17, 15) is 0 Å². The lowest BCUT2D eigenvalue weighted by Crippen LogP contribution is -2.29. The van der Waals surface area contributed by atoms with E-state index in [0.29, 0.717) is 0 Å². The molecule has 2 N–H and O–H groups in total. The predicted octanol–water partition coefficient (Wildman–Crippen LogP) is 1.88. The Labute approximate surface area is 110 Å². The summed E-state index contributed by atoms with van der Waals surface area (Å²) in [4.78, 5) is 0. The Morgan fingerprint density at radius 3 is 2.33 bits per heavy atom. The van der Waals surface area contributed by atoms with E-state index < -0.39 is 0 Å². The number of benzene rings is 1. The molecule has 1 unspecified atom stereocenters. The molecule has 0 radical (unpaired) electrons. The van der Waals surface area contributed by atoms with Gasteiger partial charge in [0.15, 0.2) is 0 Å². The second kappa shape index (κ2) is 7.24. The fourth-order valence-electron chi connectivity index (χ4n) is 2.00. The third-order valence-corrected chi connectivity index (χ3v) is 3.07. The minimum atomic E-state index is 0.203. The second-order valence-corrected chi connectivity index (χ2v) is 4.21. The van der Waals surface area contributed by atoms with Crippen molar-refractivity contribution in [1.29, 1.82) is 0 Å². The van der Waals surface area contributed by atoms with Gasteiger partial charge in [-0.15, -0.1) is 0 Å². The van der Waals surface area contributed by atoms with Gasteiger partial charge in [-0.3, -0.25) is 0 Å². The van der Waals surface area contributed by atoms with Crippen LogP contribution in [0.25, 0.3) is 0 Å². The van der Waals surface area contributed by atoms with Crippen LogP contribution in [0.15, 0.2) is 12.1 Å². The summed E-state index contributed by atoms with van der Waals surface area (Å²) in [6, 6.07) is 4.27. The maximum absolute atomic E-state index is 5.47. The molecule has 0 aliphatic rings. The van der Waals surface area contributed by atoms with E-state index in [-0.39, 0.29) is 6.04 Å². The number of hydrogen-bond acceptors (Lipinski definition) is 4. The van der Waals surface area contributed by atoms with Crippen molar-refractivity contribution in [3.8, 4) is 11.5 Å². The van der Waals surface area contributed by atoms with E-state index in [4.69, 9.17) is 9.47 Å². The first-order chi connectivity index (χ1) is 8.67. The molecule has 0 bridgehead atoms. The zero-order chi connectivity index (χ0) is 13.5. The van der Waals surface area contributed by atoms with Crippen LogP contribution in [0.2, 0.25) is 0 Å². The van der Waals surface area contributed by atoms with Crippen molar-refractivity contribution >= 4 is 0 Å². The molecule has 4 nitrogen and oxygen atoms in total. The van der Waals surface area contributed by atoms with Gasteiger partial charge < -0.3 is 20.1 Å². The maximum atomic E-state index is 5.47. The number of aryl methyl sites for hydroxylation is 1. The van der Waals surface area contributed by atoms with Gasteiger partial charge in [-0.1, -0.05) is 6.92 Å². The highest BCUT2D eigenvalue weighted by atomic mass is 16.5. The first-order valence-electron chi connectivity index (χ1n) is 6.28. The van der Waals surface area contributed by atoms with Gasteiger partial charge in [0.05, 0.1) is 14.2 Å². The van der Waals surface area contributed by atoms with Crippen LogP contribution in [0.5, 0.6) is 11.5 Å². The van der Waals surface area contributed by atoms with Crippen molar-refractivity contribution in [1.82, 2.24) is 10.6 Å². The number of nitrogens with one attached hydrogen (secondary N) is 2. The molecule has 0 fully saturated rings. The molecule has 0 heterocycles. The van der Waals surface area contributed by atoms with Crippen molar-refractivity contribution in [2.24, 2.45) is 0 Å². The van der Waals surface area contributed by atoms with Gasteiger partial charge in [0.25, 0.3) is 0 Å². The number of rotatable bonds is 7. The zero-order valence-electron chi connectivity index (χ0n) is 12.0. The topological polar surface area (TPSA) is 42.5 Å². The highest BCUT2D eigenvalue weighted by Crippen LogP contribution is 2.32. The lowest BCUT2D eigenvalue weighted by molar-refractivity contribution is 0.388.